The van der Waals surface area contributed by atoms with E-state index >= 15 is 0 Å². The van der Waals surface area contributed by atoms with Gasteiger partial charge in [-0.05, 0) is 83.5 Å². The number of aliphatic hydroxyl groups excluding tert-OH is 2. The predicted octanol–water partition coefficient (Wildman–Crippen LogP) is 14.4. The molecule has 1 saturated heterocycles. The zero-order valence-corrected chi connectivity index (χ0v) is 46.2. The molecule has 1 aliphatic rings. The molecule has 422 valence electrons. The average molecular weight is 1050 g/mol. The molecule has 12 nitrogen and oxygen atoms in total. The summed E-state index contributed by atoms with van der Waals surface area (Å²) in [6.07, 6.45) is 56.3. The molecular weight excluding hydrogens is 949 g/mol. The number of carboxylic acid groups (broad SMARTS) is 1. The molecule has 1 fully saturated rings. The quantitative estimate of drug-likeness (QED) is 0.0228. The molecule has 0 aromatic heterocycles. The van der Waals surface area contributed by atoms with E-state index in [1.807, 2.05) is 30.4 Å². The topological polar surface area (TPSA) is 175 Å². The van der Waals surface area contributed by atoms with E-state index < -0.39 is 67.3 Å². The lowest BCUT2D eigenvalue weighted by Gasteiger charge is -2.40. The SMILES string of the molecule is CC/C=C\C/C=C\C/C=C\C/C=C\C/C=C\C/C=C\CCC(=O)OCC(COC1OC(C(=O)O)C(O)C(O)C1OC(=O)CC/C=C\C/C=C\C/C=C\C/C=C\CC)OC(=O)CCCCCCCCCCCCCCC. The van der Waals surface area contributed by atoms with Crippen molar-refractivity contribution in [2.45, 2.75) is 237 Å². The van der Waals surface area contributed by atoms with Gasteiger partial charge in [-0.1, -0.05) is 219 Å². The minimum Gasteiger partial charge on any atom is -0.479 e. The maximum Gasteiger partial charge on any atom is 0.335 e. The first-order valence-electron chi connectivity index (χ1n) is 28.5. The Labute approximate surface area is 452 Å². The number of carbonyl (C=O) groups is 4. The summed E-state index contributed by atoms with van der Waals surface area (Å²) < 4.78 is 28.2. The number of ether oxygens (including phenoxy) is 5. The standard InChI is InChI=1S/C63H98O12/c1-4-7-10-13-16-19-22-25-26-27-28-29-30-33-34-37-40-43-46-49-55(64)71-52-54(73-56(65)50-47-44-41-38-35-31-23-20-17-14-11-8-5-2)53-72-63-61(59(68)58(67)60(75-63)62(69)70)74-57(66)51-48-45-42-39-36-32-24-21-18-15-12-9-6-3/h7,9-10,12,16,18-19,21,25-26,28-29,32-34,36,40,42-43,45,54,58-61,63,67-68H,4-6,8,11,13-15,17,20,22-24,27,30-31,35,37-39,41,44,46-53H2,1-3H3,(H,69,70)/b10-7-,12-9-,19-16-,21-18-,26-25-,29-28-,34-33-,36-32-,43-40-,45-42-. The van der Waals surface area contributed by atoms with E-state index in [0.717, 1.165) is 77.0 Å². The first-order chi connectivity index (χ1) is 36.6. The van der Waals surface area contributed by atoms with Gasteiger partial charge in [0.15, 0.2) is 24.6 Å². The van der Waals surface area contributed by atoms with E-state index in [2.05, 4.69) is 112 Å². The normalized spacial score (nSPS) is 19.1. The second kappa shape index (κ2) is 50.0. The fraction of sp³-hybridized carbons (Fsp3) is 0.619. The smallest absolute Gasteiger partial charge is 0.335 e. The molecule has 0 radical (unpaired) electrons. The van der Waals surface area contributed by atoms with Crippen molar-refractivity contribution in [1.82, 2.24) is 0 Å². The molecule has 0 aromatic rings. The van der Waals surface area contributed by atoms with Crippen molar-refractivity contribution in [3.05, 3.63) is 122 Å². The van der Waals surface area contributed by atoms with Gasteiger partial charge in [-0.3, -0.25) is 14.4 Å². The highest BCUT2D eigenvalue weighted by molar-refractivity contribution is 5.74. The molecular formula is C63H98O12. The minimum atomic E-state index is -1.94. The van der Waals surface area contributed by atoms with Crippen molar-refractivity contribution < 1.29 is 58.2 Å². The molecule has 12 heteroatoms. The van der Waals surface area contributed by atoms with Crippen LogP contribution in [0.4, 0.5) is 0 Å². The Morgan fingerprint density at radius 3 is 1.25 bits per heavy atom. The Kier molecular flexibility index (Phi) is 45.4. The highest BCUT2D eigenvalue weighted by atomic mass is 16.7. The molecule has 0 amide bonds. The third-order valence-corrected chi connectivity index (χ3v) is 12.1. The lowest BCUT2D eigenvalue weighted by atomic mass is 9.98. The first kappa shape index (κ1) is 68.1. The predicted molar refractivity (Wildman–Crippen MR) is 303 cm³/mol. The zero-order chi connectivity index (χ0) is 54.7. The highest BCUT2D eigenvalue weighted by Crippen LogP contribution is 2.26. The number of hydrogen-bond donors (Lipinski definition) is 3. The monoisotopic (exact) mass is 1050 g/mol. The molecule has 0 aromatic carbocycles. The van der Waals surface area contributed by atoms with Crippen LogP contribution in [0.25, 0.3) is 0 Å². The molecule has 1 aliphatic heterocycles. The van der Waals surface area contributed by atoms with Gasteiger partial charge in [0.2, 0.25) is 0 Å². The lowest BCUT2D eigenvalue weighted by Crippen LogP contribution is -2.61. The second-order valence-electron chi connectivity index (χ2n) is 18.8. The Hall–Kier alpha value is -4.88. The van der Waals surface area contributed by atoms with Crippen molar-refractivity contribution in [3.63, 3.8) is 0 Å². The third kappa shape index (κ3) is 40.1. The molecule has 1 heterocycles. The molecule has 6 unspecified atom stereocenters. The van der Waals surface area contributed by atoms with Crippen LogP contribution in [0, 0.1) is 0 Å². The number of unbranched alkanes of at least 4 members (excludes halogenated alkanes) is 12. The van der Waals surface area contributed by atoms with Crippen LogP contribution < -0.4 is 0 Å². The van der Waals surface area contributed by atoms with Gasteiger partial charge in [-0.15, -0.1) is 0 Å². The summed E-state index contributed by atoms with van der Waals surface area (Å²) in [4.78, 5) is 51.0. The van der Waals surface area contributed by atoms with Crippen molar-refractivity contribution in [3.8, 4) is 0 Å². The van der Waals surface area contributed by atoms with Gasteiger partial charge < -0.3 is 39.0 Å². The minimum absolute atomic E-state index is 0.0728. The van der Waals surface area contributed by atoms with Crippen molar-refractivity contribution in [1.29, 1.82) is 0 Å². The van der Waals surface area contributed by atoms with Gasteiger partial charge in [-0.25, -0.2) is 4.79 Å². The summed E-state index contributed by atoms with van der Waals surface area (Å²) in [5, 5.41) is 31.4. The van der Waals surface area contributed by atoms with Crippen LogP contribution in [0.2, 0.25) is 0 Å². The third-order valence-electron chi connectivity index (χ3n) is 12.1. The number of carboxylic acids is 1. The van der Waals surface area contributed by atoms with Crippen LogP contribution in [0.1, 0.15) is 201 Å². The summed E-state index contributed by atoms with van der Waals surface area (Å²) in [5.41, 5.74) is 0. The Morgan fingerprint density at radius 1 is 0.453 bits per heavy atom. The van der Waals surface area contributed by atoms with Crippen molar-refractivity contribution >= 4 is 23.9 Å². The number of esters is 3. The van der Waals surface area contributed by atoms with E-state index in [1.54, 1.807) is 0 Å². The summed E-state index contributed by atoms with van der Waals surface area (Å²) >= 11 is 0. The van der Waals surface area contributed by atoms with Crippen LogP contribution in [0.5, 0.6) is 0 Å². The van der Waals surface area contributed by atoms with E-state index in [1.165, 1.54) is 57.8 Å². The zero-order valence-electron chi connectivity index (χ0n) is 46.2. The van der Waals surface area contributed by atoms with E-state index in [4.69, 9.17) is 23.7 Å². The van der Waals surface area contributed by atoms with E-state index in [9.17, 15) is 34.5 Å². The van der Waals surface area contributed by atoms with Gasteiger partial charge in [0, 0.05) is 19.3 Å². The van der Waals surface area contributed by atoms with Crippen molar-refractivity contribution in [2.24, 2.45) is 0 Å². The summed E-state index contributed by atoms with van der Waals surface area (Å²) in [7, 11) is 0. The molecule has 0 bridgehead atoms. The molecule has 75 heavy (non-hydrogen) atoms. The van der Waals surface area contributed by atoms with Gasteiger partial charge >= 0.3 is 23.9 Å². The molecule has 6 atom stereocenters. The molecule has 0 aliphatic carbocycles. The Morgan fingerprint density at radius 2 is 0.840 bits per heavy atom. The van der Waals surface area contributed by atoms with Gasteiger partial charge in [-0.2, -0.15) is 0 Å². The molecule has 3 N–H and O–H groups in total. The van der Waals surface area contributed by atoms with Crippen LogP contribution in [-0.4, -0.2) is 89.2 Å². The Balaban J connectivity index is 2.78. The summed E-state index contributed by atoms with van der Waals surface area (Å²) in [5.74, 6) is -3.35. The lowest BCUT2D eigenvalue weighted by molar-refractivity contribution is -0.301. The van der Waals surface area contributed by atoms with Crippen molar-refractivity contribution in [2.75, 3.05) is 13.2 Å². The average Bonchev–Trinajstić information content (AvgIpc) is 3.39. The number of aliphatic hydroxyl groups is 2. The molecule has 1 rings (SSSR count). The van der Waals surface area contributed by atoms with E-state index in [0.29, 0.717) is 25.7 Å². The Bertz CT molecular complexity index is 1770. The van der Waals surface area contributed by atoms with Crippen LogP contribution in [0.15, 0.2) is 122 Å². The van der Waals surface area contributed by atoms with Crippen LogP contribution >= 0.6 is 0 Å². The van der Waals surface area contributed by atoms with Crippen LogP contribution in [0.3, 0.4) is 0 Å². The molecule has 0 spiro atoms. The number of rotatable bonds is 46. The maximum atomic E-state index is 13.1. The first-order valence-corrected chi connectivity index (χ1v) is 28.5. The van der Waals surface area contributed by atoms with E-state index in [-0.39, 0.29) is 25.9 Å². The number of allylic oxidation sites excluding steroid dienone is 20. The number of hydrogen-bond acceptors (Lipinski definition) is 11. The number of carbonyl (C=O) groups excluding carboxylic acids is 3. The van der Waals surface area contributed by atoms with Gasteiger partial charge in [0.25, 0.3) is 0 Å². The number of aliphatic carboxylic acids is 1. The van der Waals surface area contributed by atoms with Gasteiger partial charge in [0.1, 0.15) is 18.8 Å². The summed E-state index contributed by atoms with van der Waals surface area (Å²) in [6.45, 7) is 5.64. The van der Waals surface area contributed by atoms with Gasteiger partial charge in [0.05, 0.1) is 6.61 Å². The largest absolute Gasteiger partial charge is 0.479 e. The fourth-order valence-corrected chi connectivity index (χ4v) is 7.76. The van der Waals surface area contributed by atoms with Crippen LogP contribution in [-0.2, 0) is 42.9 Å². The molecule has 0 saturated carbocycles. The second-order valence-corrected chi connectivity index (χ2v) is 18.8. The summed E-state index contributed by atoms with van der Waals surface area (Å²) in [6, 6.07) is 0. The highest BCUT2D eigenvalue weighted by Gasteiger charge is 2.50. The maximum absolute atomic E-state index is 13.1. The fourth-order valence-electron chi connectivity index (χ4n) is 7.76.